The monoisotopic (exact) mass is 259 g/mol. The van der Waals surface area contributed by atoms with E-state index in [1.807, 2.05) is 10.9 Å². The van der Waals surface area contributed by atoms with Crippen LogP contribution < -0.4 is 5.32 Å². The average molecular weight is 259 g/mol. The van der Waals surface area contributed by atoms with Crippen LogP contribution in [0.2, 0.25) is 0 Å². The molecule has 0 radical (unpaired) electrons. The predicted octanol–water partition coefficient (Wildman–Crippen LogP) is 1.98. The standard InChI is InChI=1S/C15H21N3O/c1-13-5-3-4-6-15(13)12-18-11-14(10-17-18)9-16-7-8-19-2/h3-6,10-11,16H,7-9,12H2,1-2H3. The Balaban J connectivity index is 1.89. The fourth-order valence-electron chi connectivity index (χ4n) is 1.95. The maximum absolute atomic E-state index is 4.99. The Hall–Kier alpha value is -1.65. The summed E-state index contributed by atoms with van der Waals surface area (Å²) in [6.07, 6.45) is 4.00. The molecule has 0 unspecified atom stereocenters. The van der Waals surface area contributed by atoms with E-state index in [0.29, 0.717) is 0 Å². The van der Waals surface area contributed by atoms with Gasteiger partial charge in [-0.3, -0.25) is 4.68 Å². The summed E-state index contributed by atoms with van der Waals surface area (Å²) in [6.45, 7) is 5.38. The number of hydrogen-bond acceptors (Lipinski definition) is 3. The molecule has 1 N–H and O–H groups in total. The third-order valence-electron chi connectivity index (χ3n) is 3.09. The van der Waals surface area contributed by atoms with E-state index in [9.17, 15) is 0 Å². The van der Waals surface area contributed by atoms with Crippen molar-refractivity contribution < 1.29 is 4.74 Å². The number of aromatic nitrogens is 2. The van der Waals surface area contributed by atoms with Crippen LogP contribution in [-0.2, 0) is 17.8 Å². The Morgan fingerprint density at radius 3 is 2.95 bits per heavy atom. The van der Waals surface area contributed by atoms with Crippen LogP contribution in [0.3, 0.4) is 0 Å². The molecule has 1 heterocycles. The fourth-order valence-corrected chi connectivity index (χ4v) is 1.95. The Morgan fingerprint density at radius 2 is 2.16 bits per heavy atom. The van der Waals surface area contributed by atoms with Crippen molar-refractivity contribution in [2.24, 2.45) is 0 Å². The Morgan fingerprint density at radius 1 is 1.32 bits per heavy atom. The minimum Gasteiger partial charge on any atom is -0.383 e. The minimum atomic E-state index is 0.733. The van der Waals surface area contributed by atoms with E-state index in [4.69, 9.17) is 4.74 Å². The van der Waals surface area contributed by atoms with Gasteiger partial charge in [0.1, 0.15) is 0 Å². The molecule has 19 heavy (non-hydrogen) atoms. The largest absolute Gasteiger partial charge is 0.383 e. The van der Waals surface area contributed by atoms with Crippen LogP contribution in [0.4, 0.5) is 0 Å². The average Bonchev–Trinajstić information content (AvgIpc) is 2.85. The maximum Gasteiger partial charge on any atom is 0.0662 e. The van der Waals surface area contributed by atoms with Crippen molar-refractivity contribution >= 4 is 0 Å². The zero-order valence-corrected chi connectivity index (χ0v) is 11.6. The molecule has 1 aromatic carbocycles. The lowest BCUT2D eigenvalue weighted by Crippen LogP contribution is -2.18. The summed E-state index contributed by atoms with van der Waals surface area (Å²) < 4.78 is 6.98. The third-order valence-corrected chi connectivity index (χ3v) is 3.09. The van der Waals surface area contributed by atoms with Crippen molar-refractivity contribution in [3.05, 3.63) is 53.3 Å². The summed E-state index contributed by atoms with van der Waals surface area (Å²) in [5.41, 5.74) is 3.81. The SMILES string of the molecule is COCCNCc1cnn(Cc2ccccc2C)c1. The third kappa shape index (κ3) is 4.19. The number of benzene rings is 1. The zero-order valence-electron chi connectivity index (χ0n) is 11.6. The van der Waals surface area contributed by atoms with E-state index >= 15 is 0 Å². The van der Waals surface area contributed by atoms with E-state index in [-0.39, 0.29) is 0 Å². The van der Waals surface area contributed by atoms with E-state index in [0.717, 1.165) is 26.2 Å². The second kappa shape index (κ2) is 7.07. The Kier molecular flexibility index (Phi) is 5.12. The van der Waals surface area contributed by atoms with Gasteiger partial charge < -0.3 is 10.1 Å². The van der Waals surface area contributed by atoms with Gasteiger partial charge in [0.05, 0.1) is 19.3 Å². The van der Waals surface area contributed by atoms with Crippen molar-refractivity contribution in [1.29, 1.82) is 0 Å². The molecule has 2 rings (SSSR count). The number of hydrogen-bond donors (Lipinski definition) is 1. The van der Waals surface area contributed by atoms with Crippen LogP contribution >= 0.6 is 0 Å². The number of nitrogens with zero attached hydrogens (tertiary/aromatic N) is 2. The number of methoxy groups -OCH3 is 1. The molecule has 0 aliphatic carbocycles. The van der Waals surface area contributed by atoms with Gasteiger partial charge in [0.15, 0.2) is 0 Å². The Labute approximate surface area is 114 Å². The molecule has 0 aliphatic rings. The second-order valence-corrected chi connectivity index (χ2v) is 4.64. The number of nitrogens with one attached hydrogen (secondary N) is 1. The summed E-state index contributed by atoms with van der Waals surface area (Å²) in [4.78, 5) is 0. The van der Waals surface area contributed by atoms with Gasteiger partial charge in [0, 0.05) is 32.0 Å². The molecular formula is C15H21N3O. The van der Waals surface area contributed by atoms with Crippen LogP contribution in [0.5, 0.6) is 0 Å². The highest BCUT2D eigenvalue weighted by molar-refractivity contribution is 5.25. The molecule has 0 fully saturated rings. The van der Waals surface area contributed by atoms with Crippen LogP contribution in [0, 0.1) is 6.92 Å². The van der Waals surface area contributed by atoms with E-state index in [1.165, 1.54) is 16.7 Å². The van der Waals surface area contributed by atoms with E-state index in [1.54, 1.807) is 7.11 Å². The number of aryl methyl sites for hydroxylation is 1. The zero-order chi connectivity index (χ0) is 13.5. The van der Waals surface area contributed by atoms with Crippen LogP contribution in [0.25, 0.3) is 0 Å². The molecule has 0 saturated carbocycles. The van der Waals surface area contributed by atoms with Gasteiger partial charge in [-0.15, -0.1) is 0 Å². The molecule has 0 saturated heterocycles. The van der Waals surface area contributed by atoms with Gasteiger partial charge in [0.25, 0.3) is 0 Å². The molecule has 0 amide bonds. The summed E-state index contributed by atoms with van der Waals surface area (Å²) in [5.74, 6) is 0. The van der Waals surface area contributed by atoms with Gasteiger partial charge >= 0.3 is 0 Å². The lowest BCUT2D eigenvalue weighted by Gasteiger charge is -2.05. The number of rotatable bonds is 7. The highest BCUT2D eigenvalue weighted by atomic mass is 16.5. The predicted molar refractivity (Wildman–Crippen MR) is 76.1 cm³/mol. The lowest BCUT2D eigenvalue weighted by molar-refractivity contribution is 0.199. The first-order valence-corrected chi connectivity index (χ1v) is 6.55. The smallest absolute Gasteiger partial charge is 0.0662 e. The van der Waals surface area contributed by atoms with Crippen molar-refractivity contribution in [2.45, 2.75) is 20.0 Å². The van der Waals surface area contributed by atoms with E-state index < -0.39 is 0 Å². The summed E-state index contributed by atoms with van der Waals surface area (Å²) in [5, 5.41) is 7.71. The van der Waals surface area contributed by atoms with Gasteiger partial charge in [-0.2, -0.15) is 5.10 Å². The first-order chi connectivity index (χ1) is 9.29. The number of ether oxygens (including phenoxy) is 1. The van der Waals surface area contributed by atoms with E-state index in [2.05, 4.69) is 47.8 Å². The highest BCUT2D eigenvalue weighted by Crippen LogP contribution is 2.09. The second-order valence-electron chi connectivity index (χ2n) is 4.64. The van der Waals surface area contributed by atoms with Crippen LogP contribution in [0.1, 0.15) is 16.7 Å². The van der Waals surface area contributed by atoms with Crippen molar-refractivity contribution in [1.82, 2.24) is 15.1 Å². The van der Waals surface area contributed by atoms with Crippen molar-refractivity contribution in [2.75, 3.05) is 20.3 Å². The summed E-state index contributed by atoms with van der Waals surface area (Å²) in [7, 11) is 1.71. The molecule has 0 atom stereocenters. The molecule has 0 spiro atoms. The summed E-state index contributed by atoms with van der Waals surface area (Å²) >= 11 is 0. The van der Waals surface area contributed by atoms with Crippen LogP contribution in [-0.4, -0.2) is 30.0 Å². The topological polar surface area (TPSA) is 39.1 Å². The van der Waals surface area contributed by atoms with Crippen molar-refractivity contribution in [3.8, 4) is 0 Å². The molecule has 102 valence electrons. The van der Waals surface area contributed by atoms with Gasteiger partial charge in [-0.05, 0) is 18.1 Å². The molecule has 2 aromatic rings. The quantitative estimate of drug-likeness (QED) is 0.773. The first kappa shape index (κ1) is 13.8. The molecule has 1 aromatic heterocycles. The van der Waals surface area contributed by atoms with Crippen molar-refractivity contribution in [3.63, 3.8) is 0 Å². The lowest BCUT2D eigenvalue weighted by atomic mass is 10.1. The van der Waals surface area contributed by atoms with Crippen LogP contribution in [0.15, 0.2) is 36.7 Å². The Bertz CT molecular complexity index is 508. The first-order valence-electron chi connectivity index (χ1n) is 6.55. The van der Waals surface area contributed by atoms with Gasteiger partial charge in [-0.1, -0.05) is 24.3 Å². The molecule has 4 heteroatoms. The van der Waals surface area contributed by atoms with Gasteiger partial charge in [-0.25, -0.2) is 0 Å². The maximum atomic E-state index is 4.99. The molecule has 4 nitrogen and oxygen atoms in total. The fraction of sp³-hybridized carbons (Fsp3) is 0.400. The molecule has 0 aliphatic heterocycles. The highest BCUT2D eigenvalue weighted by Gasteiger charge is 2.01. The minimum absolute atomic E-state index is 0.733. The molecule has 0 bridgehead atoms. The van der Waals surface area contributed by atoms with Gasteiger partial charge in [0.2, 0.25) is 0 Å². The molecular weight excluding hydrogens is 238 g/mol. The summed E-state index contributed by atoms with van der Waals surface area (Å²) in [6, 6.07) is 8.41. The normalized spacial score (nSPS) is 10.8.